The van der Waals surface area contributed by atoms with Crippen LogP contribution in [-0.4, -0.2) is 10.9 Å². The summed E-state index contributed by atoms with van der Waals surface area (Å²) in [4.78, 5) is 16.1. The Morgan fingerprint density at radius 1 is 1.44 bits per heavy atom. The Bertz CT molecular complexity index is 417. The first-order valence-electron chi connectivity index (χ1n) is 5.34. The van der Waals surface area contributed by atoms with Crippen molar-refractivity contribution in [2.75, 3.05) is 5.32 Å². The molecule has 1 aliphatic carbocycles. The Hall–Kier alpha value is -1.16. The third kappa shape index (κ3) is 2.92. The third-order valence-corrected chi connectivity index (χ3v) is 3.05. The highest BCUT2D eigenvalue weighted by Crippen LogP contribution is 2.20. The minimum Gasteiger partial charge on any atom is -0.310 e. The molecule has 1 heterocycles. The van der Waals surface area contributed by atoms with Crippen molar-refractivity contribution in [2.24, 2.45) is 5.92 Å². The van der Waals surface area contributed by atoms with Gasteiger partial charge in [-0.05, 0) is 47.3 Å². The predicted octanol–water partition coefficient (Wildman–Crippen LogP) is 3.14. The van der Waals surface area contributed by atoms with Gasteiger partial charge in [-0.1, -0.05) is 18.2 Å². The average molecular weight is 281 g/mol. The van der Waals surface area contributed by atoms with Crippen molar-refractivity contribution in [3.8, 4) is 0 Å². The van der Waals surface area contributed by atoms with Crippen molar-refractivity contribution in [2.45, 2.75) is 19.3 Å². The minimum atomic E-state index is 0.0648. The van der Waals surface area contributed by atoms with E-state index in [0.29, 0.717) is 5.82 Å². The van der Waals surface area contributed by atoms with Crippen LogP contribution in [0.15, 0.2) is 35.0 Å². The maximum atomic E-state index is 11.9. The summed E-state index contributed by atoms with van der Waals surface area (Å²) in [6, 6.07) is 5.48. The molecule has 0 saturated carbocycles. The van der Waals surface area contributed by atoms with Crippen LogP contribution in [0.4, 0.5) is 5.82 Å². The maximum Gasteiger partial charge on any atom is 0.228 e. The molecule has 0 aromatic carbocycles. The van der Waals surface area contributed by atoms with Crippen LogP contribution in [-0.2, 0) is 4.79 Å². The van der Waals surface area contributed by atoms with Crippen LogP contribution in [0.1, 0.15) is 19.3 Å². The largest absolute Gasteiger partial charge is 0.310 e. The summed E-state index contributed by atoms with van der Waals surface area (Å²) in [5, 5.41) is 2.84. The van der Waals surface area contributed by atoms with E-state index in [1.54, 1.807) is 6.07 Å². The van der Waals surface area contributed by atoms with E-state index in [-0.39, 0.29) is 11.8 Å². The molecule has 0 aliphatic heterocycles. The number of nitrogens with zero attached hydrogens (tertiary/aromatic N) is 1. The molecule has 4 heteroatoms. The zero-order valence-corrected chi connectivity index (χ0v) is 10.4. The average Bonchev–Trinajstić information content (AvgIpc) is 2.30. The molecule has 1 amide bonds. The summed E-state index contributed by atoms with van der Waals surface area (Å²) in [6.45, 7) is 0. The van der Waals surface area contributed by atoms with E-state index in [2.05, 4.69) is 38.4 Å². The monoisotopic (exact) mass is 280 g/mol. The Morgan fingerprint density at radius 3 is 3.00 bits per heavy atom. The lowest BCUT2D eigenvalue weighted by Crippen LogP contribution is -2.23. The highest BCUT2D eigenvalue weighted by atomic mass is 79.9. The zero-order chi connectivity index (χ0) is 11.4. The summed E-state index contributed by atoms with van der Waals surface area (Å²) in [6.07, 6.45) is 6.95. The maximum absolute atomic E-state index is 11.9. The molecule has 2 rings (SSSR count). The molecule has 1 N–H and O–H groups in total. The topological polar surface area (TPSA) is 42.0 Å². The lowest BCUT2D eigenvalue weighted by molar-refractivity contribution is -0.120. The Labute approximate surface area is 103 Å². The van der Waals surface area contributed by atoms with Crippen molar-refractivity contribution < 1.29 is 4.79 Å². The van der Waals surface area contributed by atoms with Gasteiger partial charge in [-0.2, -0.15) is 0 Å². The molecule has 16 heavy (non-hydrogen) atoms. The molecule has 1 unspecified atom stereocenters. The molecule has 0 bridgehead atoms. The number of rotatable bonds is 2. The number of hydrogen-bond donors (Lipinski definition) is 1. The van der Waals surface area contributed by atoms with Gasteiger partial charge in [-0.15, -0.1) is 0 Å². The normalized spacial score (nSPS) is 19.4. The van der Waals surface area contributed by atoms with Crippen LogP contribution in [0.5, 0.6) is 0 Å². The SMILES string of the molecule is O=C(Nc1cccc(Br)n1)C1CC=CCC1. The molecular formula is C12H13BrN2O. The molecule has 1 aromatic heterocycles. The van der Waals surface area contributed by atoms with Gasteiger partial charge in [0, 0.05) is 5.92 Å². The fourth-order valence-electron chi connectivity index (χ4n) is 1.74. The van der Waals surface area contributed by atoms with Crippen molar-refractivity contribution >= 4 is 27.7 Å². The number of nitrogens with one attached hydrogen (secondary N) is 1. The molecule has 3 nitrogen and oxygen atoms in total. The second-order valence-corrected chi connectivity index (χ2v) is 4.63. The number of halogens is 1. The summed E-state index contributed by atoms with van der Waals surface area (Å²) in [5.41, 5.74) is 0. The lowest BCUT2D eigenvalue weighted by atomic mass is 9.94. The van der Waals surface area contributed by atoms with Gasteiger partial charge in [-0.25, -0.2) is 4.98 Å². The van der Waals surface area contributed by atoms with Crippen molar-refractivity contribution in [3.63, 3.8) is 0 Å². The summed E-state index contributed by atoms with van der Waals surface area (Å²) < 4.78 is 0.730. The number of aromatic nitrogens is 1. The van der Waals surface area contributed by atoms with Gasteiger partial charge >= 0.3 is 0 Å². The van der Waals surface area contributed by atoms with Gasteiger partial charge in [0.25, 0.3) is 0 Å². The number of anilines is 1. The molecule has 0 radical (unpaired) electrons. The van der Waals surface area contributed by atoms with E-state index in [1.165, 1.54) is 0 Å². The van der Waals surface area contributed by atoms with Gasteiger partial charge in [-0.3, -0.25) is 4.79 Å². The van der Waals surface area contributed by atoms with Crippen LogP contribution >= 0.6 is 15.9 Å². The van der Waals surface area contributed by atoms with Crippen molar-refractivity contribution in [3.05, 3.63) is 35.0 Å². The van der Waals surface area contributed by atoms with Gasteiger partial charge in [0.1, 0.15) is 10.4 Å². The van der Waals surface area contributed by atoms with Gasteiger partial charge in [0.05, 0.1) is 0 Å². The van der Waals surface area contributed by atoms with E-state index < -0.39 is 0 Å². The molecule has 1 aromatic rings. The van der Waals surface area contributed by atoms with Crippen molar-refractivity contribution in [1.82, 2.24) is 4.98 Å². The summed E-state index contributed by atoms with van der Waals surface area (Å²) in [7, 11) is 0. The second kappa shape index (κ2) is 5.25. The third-order valence-electron chi connectivity index (χ3n) is 2.61. The van der Waals surface area contributed by atoms with Crippen LogP contribution in [0, 0.1) is 5.92 Å². The van der Waals surface area contributed by atoms with Gasteiger partial charge in [0.2, 0.25) is 5.91 Å². The van der Waals surface area contributed by atoms with Crippen LogP contribution in [0.2, 0.25) is 0 Å². The van der Waals surface area contributed by atoms with Crippen LogP contribution in [0.3, 0.4) is 0 Å². The van der Waals surface area contributed by atoms with E-state index in [0.717, 1.165) is 23.9 Å². The molecular weight excluding hydrogens is 268 g/mol. The summed E-state index contributed by atoms with van der Waals surface area (Å²) >= 11 is 3.27. The molecule has 1 atom stereocenters. The highest BCUT2D eigenvalue weighted by Gasteiger charge is 2.18. The molecule has 0 spiro atoms. The predicted molar refractivity (Wildman–Crippen MR) is 67.0 cm³/mol. The van der Waals surface area contributed by atoms with Crippen LogP contribution in [0.25, 0.3) is 0 Å². The second-order valence-electron chi connectivity index (χ2n) is 3.82. The fourth-order valence-corrected chi connectivity index (χ4v) is 2.08. The standard InChI is InChI=1S/C12H13BrN2O/c13-10-7-4-8-11(14-10)15-12(16)9-5-2-1-3-6-9/h1-2,4,7-9H,3,5-6H2,(H,14,15,16). The van der Waals surface area contributed by atoms with E-state index in [4.69, 9.17) is 0 Å². The van der Waals surface area contributed by atoms with Gasteiger partial charge in [0.15, 0.2) is 0 Å². The van der Waals surface area contributed by atoms with E-state index in [1.807, 2.05) is 12.1 Å². The molecule has 1 aliphatic rings. The molecule has 84 valence electrons. The van der Waals surface area contributed by atoms with Gasteiger partial charge < -0.3 is 5.32 Å². The number of carbonyl (C=O) groups excluding carboxylic acids is 1. The first-order valence-corrected chi connectivity index (χ1v) is 6.13. The first kappa shape index (κ1) is 11.3. The summed E-state index contributed by atoms with van der Waals surface area (Å²) in [5.74, 6) is 0.759. The highest BCUT2D eigenvalue weighted by molar-refractivity contribution is 9.10. The number of pyridine rings is 1. The fraction of sp³-hybridized carbons (Fsp3) is 0.333. The van der Waals surface area contributed by atoms with E-state index in [9.17, 15) is 4.79 Å². The number of carbonyl (C=O) groups is 1. The Balaban J connectivity index is 1.99. The Kier molecular flexibility index (Phi) is 3.72. The van der Waals surface area contributed by atoms with Crippen LogP contribution < -0.4 is 5.32 Å². The zero-order valence-electron chi connectivity index (χ0n) is 8.82. The number of hydrogen-bond acceptors (Lipinski definition) is 2. The molecule has 0 fully saturated rings. The number of allylic oxidation sites excluding steroid dienone is 2. The van der Waals surface area contributed by atoms with E-state index >= 15 is 0 Å². The number of amides is 1. The molecule has 0 saturated heterocycles. The Morgan fingerprint density at radius 2 is 2.31 bits per heavy atom. The van der Waals surface area contributed by atoms with Crippen molar-refractivity contribution in [1.29, 1.82) is 0 Å². The minimum absolute atomic E-state index is 0.0648. The first-order chi connectivity index (χ1) is 7.75. The quantitative estimate of drug-likeness (QED) is 0.668. The lowest BCUT2D eigenvalue weighted by Gasteiger charge is -2.16. The smallest absolute Gasteiger partial charge is 0.228 e.